The molecule has 0 bridgehead atoms. The average molecular weight is 416 g/mol. The minimum Gasteiger partial charge on any atom is -0.336 e. The molecule has 29 heavy (non-hydrogen) atoms. The zero-order valence-corrected chi connectivity index (χ0v) is 16.3. The lowest BCUT2D eigenvalue weighted by molar-refractivity contribution is -0.123. The van der Waals surface area contributed by atoms with Gasteiger partial charge in [-0.25, -0.2) is 9.29 Å². The smallest absolute Gasteiger partial charge is 0.256 e. The van der Waals surface area contributed by atoms with Crippen LogP contribution in [0.4, 0.5) is 10.1 Å². The first-order valence-electron chi connectivity index (χ1n) is 9.36. The molecule has 0 unspecified atom stereocenters. The van der Waals surface area contributed by atoms with Crippen molar-refractivity contribution >= 4 is 35.0 Å². The van der Waals surface area contributed by atoms with Gasteiger partial charge in [-0.2, -0.15) is 0 Å². The lowest BCUT2D eigenvalue weighted by atomic mass is 10.1. The van der Waals surface area contributed by atoms with Crippen molar-refractivity contribution in [2.24, 2.45) is 0 Å². The second-order valence-electron chi connectivity index (χ2n) is 7.08. The Morgan fingerprint density at radius 2 is 1.72 bits per heavy atom. The number of amides is 3. The molecule has 0 aromatic heterocycles. The van der Waals surface area contributed by atoms with Crippen molar-refractivity contribution in [3.8, 4) is 0 Å². The Hall–Kier alpha value is -2.77. The van der Waals surface area contributed by atoms with Gasteiger partial charge in [0.05, 0.1) is 23.7 Å². The predicted octanol–water partition coefficient (Wildman–Crippen LogP) is 2.57. The molecule has 0 N–H and O–H groups in total. The first-order chi connectivity index (χ1) is 14.0. The first kappa shape index (κ1) is 19.5. The number of benzene rings is 2. The minimum atomic E-state index is -0.563. The van der Waals surface area contributed by atoms with E-state index in [1.807, 2.05) is 4.90 Å². The van der Waals surface area contributed by atoms with Gasteiger partial charge in [-0.3, -0.25) is 19.3 Å². The number of carbonyl (C=O) groups excluding carboxylic acids is 3. The molecule has 1 atom stereocenters. The van der Waals surface area contributed by atoms with E-state index in [1.54, 1.807) is 41.3 Å². The molecule has 150 valence electrons. The minimum absolute atomic E-state index is 0.0419. The van der Waals surface area contributed by atoms with Gasteiger partial charge in [-0.15, -0.1) is 0 Å². The third-order valence-corrected chi connectivity index (χ3v) is 5.57. The summed E-state index contributed by atoms with van der Waals surface area (Å²) in [5.74, 6) is -1.47. The summed E-state index contributed by atoms with van der Waals surface area (Å²) in [4.78, 5) is 42.6. The van der Waals surface area contributed by atoms with E-state index < -0.39 is 11.9 Å². The van der Waals surface area contributed by atoms with Crippen LogP contribution in [0.15, 0.2) is 48.5 Å². The standard InChI is InChI=1S/C21H19ClFN3O3/c22-14-4-3-5-15(12-14)26-19(27)13-18(21(26)29)24-8-10-25(11-9-24)20(28)16-6-1-2-7-17(16)23/h1-7,12,18H,8-11,13H2/t18-/m1/s1. The highest BCUT2D eigenvalue weighted by Gasteiger charge is 2.43. The highest BCUT2D eigenvalue weighted by molar-refractivity contribution is 6.31. The molecule has 2 heterocycles. The zero-order valence-electron chi connectivity index (χ0n) is 15.6. The van der Waals surface area contributed by atoms with E-state index in [9.17, 15) is 18.8 Å². The fourth-order valence-corrected chi connectivity index (χ4v) is 4.01. The van der Waals surface area contributed by atoms with Crippen LogP contribution in [0.2, 0.25) is 5.02 Å². The summed E-state index contributed by atoms with van der Waals surface area (Å²) in [6, 6.07) is 12.0. The molecule has 0 radical (unpaired) electrons. The number of anilines is 1. The number of carbonyl (C=O) groups is 3. The van der Waals surface area contributed by atoms with Crippen LogP contribution in [-0.4, -0.2) is 59.7 Å². The molecular weight excluding hydrogens is 397 g/mol. The monoisotopic (exact) mass is 415 g/mol. The summed E-state index contributed by atoms with van der Waals surface area (Å²) in [7, 11) is 0. The predicted molar refractivity (Wildman–Crippen MR) is 106 cm³/mol. The maximum Gasteiger partial charge on any atom is 0.256 e. The fraction of sp³-hybridized carbons (Fsp3) is 0.286. The van der Waals surface area contributed by atoms with E-state index in [4.69, 9.17) is 11.6 Å². The van der Waals surface area contributed by atoms with Crippen molar-refractivity contribution in [2.75, 3.05) is 31.1 Å². The molecule has 0 aliphatic carbocycles. The van der Waals surface area contributed by atoms with Crippen molar-refractivity contribution in [3.05, 3.63) is 64.9 Å². The molecule has 2 aliphatic heterocycles. The van der Waals surface area contributed by atoms with Gasteiger partial charge < -0.3 is 4.90 Å². The third kappa shape index (κ3) is 3.75. The van der Waals surface area contributed by atoms with Crippen molar-refractivity contribution in [1.82, 2.24) is 9.80 Å². The molecule has 4 rings (SSSR count). The topological polar surface area (TPSA) is 60.9 Å². The van der Waals surface area contributed by atoms with E-state index in [1.165, 1.54) is 17.0 Å². The number of piperazine rings is 1. The Balaban J connectivity index is 1.43. The summed E-state index contributed by atoms with van der Waals surface area (Å²) in [5, 5.41) is 0.451. The molecule has 8 heteroatoms. The van der Waals surface area contributed by atoms with Gasteiger partial charge in [-0.1, -0.05) is 29.8 Å². The zero-order chi connectivity index (χ0) is 20.5. The summed E-state index contributed by atoms with van der Waals surface area (Å²) in [5.41, 5.74) is 0.503. The molecule has 2 saturated heterocycles. The van der Waals surface area contributed by atoms with E-state index in [-0.39, 0.29) is 29.7 Å². The summed E-state index contributed by atoms with van der Waals surface area (Å²) < 4.78 is 13.9. The summed E-state index contributed by atoms with van der Waals surface area (Å²) in [6.45, 7) is 1.60. The van der Waals surface area contributed by atoms with Gasteiger partial charge >= 0.3 is 0 Å². The number of nitrogens with zero attached hydrogens (tertiary/aromatic N) is 3. The molecule has 3 amide bonds. The lowest BCUT2D eigenvalue weighted by Gasteiger charge is -2.37. The second-order valence-corrected chi connectivity index (χ2v) is 7.51. The van der Waals surface area contributed by atoms with Gasteiger partial charge in [0, 0.05) is 31.2 Å². The molecule has 0 spiro atoms. The van der Waals surface area contributed by atoms with Crippen LogP contribution in [-0.2, 0) is 9.59 Å². The maximum absolute atomic E-state index is 13.9. The largest absolute Gasteiger partial charge is 0.336 e. The molecule has 2 fully saturated rings. The fourth-order valence-electron chi connectivity index (χ4n) is 3.83. The van der Waals surface area contributed by atoms with Crippen molar-refractivity contribution in [1.29, 1.82) is 0 Å². The molecular formula is C21H19ClFN3O3. The molecule has 0 saturated carbocycles. The van der Waals surface area contributed by atoms with E-state index in [0.717, 1.165) is 0 Å². The van der Waals surface area contributed by atoms with Crippen LogP contribution in [0.3, 0.4) is 0 Å². The Morgan fingerprint density at radius 1 is 1.00 bits per heavy atom. The number of halogens is 2. The van der Waals surface area contributed by atoms with Crippen LogP contribution in [0.5, 0.6) is 0 Å². The number of hydrogen-bond donors (Lipinski definition) is 0. The van der Waals surface area contributed by atoms with Crippen molar-refractivity contribution in [2.45, 2.75) is 12.5 Å². The highest BCUT2D eigenvalue weighted by Crippen LogP contribution is 2.28. The van der Waals surface area contributed by atoms with Crippen molar-refractivity contribution in [3.63, 3.8) is 0 Å². The van der Waals surface area contributed by atoms with Crippen LogP contribution in [0, 0.1) is 5.82 Å². The number of hydrogen-bond acceptors (Lipinski definition) is 4. The Kier molecular flexibility index (Phi) is 5.34. The van der Waals surface area contributed by atoms with Crippen LogP contribution < -0.4 is 4.90 Å². The van der Waals surface area contributed by atoms with E-state index in [0.29, 0.717) is 36.9 Å². The lowest BCUT2D eigenvalue weighted by Crippen LogP contribution is -2.54. The Labute approximate surface area is 172 Å². The number of rotatable bonds is 3. The molecule has 2 aliphatic rings. The quantitative estimate of drug-likeness (QED) is 0.723. The molecule has 6 nitrogen and oxygen atoms in total. The highest BCUT2D eigenvalue weighted by atomic mass is 35.5. The SMILES string of the molecule is O=C(c1ccccc1F)N1CCN([C@@H]2CC(=O)N(c3cccc(Cl)c3)C2=O)CC1. The van der Waals surface area contributed by atoms with Crippen LogP contribution >= 0.6 is 11.6 Å². The summed E-state index contributed by atoms with van der Waals surface area (Å²) in [6.07, 6.45) is 0.0899. The van der Waals surface area contributed by atoms with E-state index >= 15 is 0 Å². The summed E-state index contributed by atoms with van der Waals surface area (Å²) >= 11 is 5.99. The maximum atomic E-state index is 13.9. The van der Waals surface area contributed by atoms with Crippen LogP contribution in [0.25, 0.3) is 0 Å². The van der Waals surface area contributed by atoms with E-state index in [2.05, 4.69) is 0 Å². The molecule has 2 aromatic rings. The Bertz CT molecular complexity index is 975. The second kappa shape index (κ2) is 7.93. The van der Waals surface area contributed by atoms with Crippen molar-refractivity contribution < 1.29 is 18.8 Å². The average Bonchev–Trinajstić information content (AvgIpc) is 3.02. The third-order valence-electron chi connectivity index (χ3n) is 5.34. The van der Waals surface area contributed by atoms with Gasteiger partial charge in [0.15, 0.2) is 0 Å². The van der Waals surface area contributed by atoms with Gasteiger partial charge in [0.1, 0.15) is 5.82 Å². The normalized spacial score (nSPS) is 20.4. The van der Waals surface area contributed by atoms with Gasteiger partial charge in [-0.05, 0) is 30.3 Å². The molecule has 2 aromatic carbocycles. The van der Waals surface area contributed by atoms with Gasteiger partial charge in [0.25, 0.3) is 11.8 Å². The number of imide groups is 1. The van der Waals surface area contributed by atoms with Crippen LogP contribution in [0.1, 0.15) is 16.8 Å². The first-order valence-corrected chi connectivity index (χ1v) is 9.74. The van der Waals surface area contributed by atoms with Gasteiger partial charge in [0.2, 0.25) is 5.91 Å². The Morgan fingerprint density at radius 3 is 2.41 bits per heavy atom.